The number of hydrogen-bond acceptors (Lipinski definition) is 9. The Bertz CT molecular complexity index is 1170. The van der Waals surface area contributed by atoms with Crippen LogP contribution in [0.25, 0.3) is 0 Å². The van der Waals surface area contributed by atoms with E-state index in [0.29, 0.717) is 24.1 Å². The first kappa shape index (κ1) is 41.5. The number of nitrogens with one attached hydrogen (secondary N) is 3. The second-order valence-corrected chi connectivity index (χ2v) is 9.04. The highest BCUT2D eigenvalue weighted by molar-refractivity contribution is 6.46. The van der Waals surface area contributed by atoms with Crippen LogP contribution in [0.3, 0.4) is 0 Å². The van der Waals surface area contributed by atoms with Crippen LogP contribution in [-0.2, 0) is 14.4 Å². The zero-order chi connectivity index (χ0) is 32.1. The predicted molar refractivity (Wildman–Crippen MR) is 177 cm³/mol. The van der Waals surface area contributed by atoms with Crippen LogP contribution in [0.5, 0.6) is 0 Å². The number of nitrogens with zero attached hydrogens (tertiary/aromatic N) is 2. The minimum absolute atomic E-state index is 0. The molecule has 240 valence electrons. The Morgan fingerprint density at radius 2 is 1.58 bits per heavy atom. The lowest BCUT2D eigenvalue weighted by atomic mass is 9.85. The summed E-state index contributed by atoms with van der Waals surface area (Å²) in [5.74, 6) is 5.97. The van der Waals surface area contributed by atoms with Crippen LogP contribution in [0.15, 0.2) is 51.7 Å². The first-order valence-corrected chi connectivity index (χ1v) is 14.0. The van der Waals surface area contributed by atoms with Gasteiger partial charge in [0.2, 0.25) is 0 Å². The summed E-state index contributed by atoms with van der Waals surface area (Å²) < 4.78 is 5.35. The highest BCUT2D eigenvalue weighted by Crippen LogP contribution is 2.30. The van der Waals surface area contributed by atoms with E-state index in [4.69, 9.17) is 30.6 Å². The maximum atomic E-state index is 12.0. The molecule has 0 bridgehead atoms. The third-order valence-electron chi connectivity index (χ3n) is 6.45. The number of allylic oxidation sites excluding steroid dienone is 2. The summed E-state index contributed by atoms with van der Waals surface area (Å²) in [4.78, 5) is 19.9. The van der Waals surface area contributed by atoms with Gasteiger partial charge in [-0.3, -0.25) is 20.5 Å². The number of ether oxygens (including phenoxy) is 1. The van der Waals surface area contributed by atoms with Crippen molar-refractivity contribution in [1.82, 2.24) is 10.2 Å². The normalized spacial score (nSPS) is 14.5. The molecule has 3 rings (SSSR count). The van der Waals surface area contributed by atoms with E-state index < -0.39 is 5.91 Å². The van der Waals surface area contributed by atoms with Gasteiger partial charge >= 0.3 is 0 Å². The molecule has 0 radical (unpaired) electrons. The summed E-state index contributed by atoms with van der Waals surface area (Å²) in [7, 11) is 3.52. The number of rotatable bonds is 8. The molecule has 0 atom stereocenters. The molecule has 1 amide bonds. The zero-order valence-electron chi connectivity index (χ0n) is 26.5. The number of oxime groups is 1. The van der Waals surface area contributed by atoms with E-state index in [1.165, 1.54) is 12.6 Å². The molecule has 2 aliphatic rings. The standard InChI is InChI=1S/C28H35N5O3.C2H6.2CH4O.CH4/c1-19-16-24(25(17-20(19)2)27(30)28(34)31-4)18-36-32-21(3)26(29)23-9-7-22(8-10-23)6-5-11-33-12-14-35-15-13-33;3*1-2;/h7-10,29-30H,11-18H2,1-4H3,(H,31,34);1-2H3;2*2H,1H3;1H4/b29-26?,30-27?,32-21+;;;;. The van der Waals surface area contributed by atoms with Crippen molar-refractivity contribution in [2.45, 2.75) is 54.9 Å². The zero-order valence-corrected chi connectivity index (χ0v) is 26.5. The average molecular weight is 600 g/mol. The van der Waals surface area contributed by atoms with Gasteiger partial charge in [-0.15, -0.1) is 0 Å². The van der Waals surface area contributed by atoms with Crippen LogP contribution in [0.4, 0.5) is 0 Å². The van der Waals surface area contributed by atoms with E-state index in [9.17, 15) is 4.79 Å². The highest BCUT2D eigenvalue weighted by atomic mass is 16.6. The van der Waals surface area contributed by atoms with Gasteiger partial charge in [-0.05, 0) is 56.9 Å². The van der Waals surface area contributed by atoms with Crippen LogP contribution < -0.4 is 5.32 Å². The number of amides is 1. The molecule has 1 fully saturated rings. The third kappa shape index (κ3) is 13.9. The van der Waals surface area contributed by atoms with Gasteiger partial charge in [0.05, 0.1) is 25.5 Å². The largest absolute Gasteiger partial charge is 0.400 e. The summed E-state index contributed by atoms with van der Waals surface area (Å²) in [6, 6.07) is 7.55. The molecule has 0 spiro atoms. The number of carbonyl (C=O) groups is 1. The lowest BCUT2D eigenvalue weighted by molar-refractivity contribution is -0.114. The van der Waals surface area contributed by atoms with E-state index in [-0.39, 0.29) is 25.5 Å². The minimum atomic E-state index is -0.412. The van der Waals surface area contributed by atoms with Gasteiger partial charge < -0.3 is 25.1 Å². The second-order valence-electron chi connectivity index (χ2n) is 9.04. The van der Waals surface area contributed by atoms with Gasteiger partial charge in [0, 0.05) is 45.5 Å². The Morgan fingerprint density at radius 1 is 1.02 bits per heavy atom. The fourth-order valence-corrected chi connectivity index (χ4v) is 3.98. The fourth-order valence-electron chi connectivity index (χ4n) is 3.98. The molecule has 1 heterocycles. The minimum Gasteiger partial charge on any atom is -0.400 e. The average Bonchev–Trinajstić information content (AvgIpc) is 3.05. The molecule has 1 aliphatic heterocycles. The second kappa shape index (κ2) is 23.9. The van der Waals surface area contributed by atoms with E-state index in [2.05, 4.69) is 34.1 Å². The van der Waals surface area contributed by atoms with Crippen molar-refractivity contribution in [2.75, 3.05) is 60.7 Å². The van der Waals surface area contributed by atoms with Gasteiger partial charge in [0.1, 0.15) is 18.0 Å². The first-order chi connectivity index (χ1) is 20.3. The van der Waals surface area contributed by atoms with Gasteiger partial charge in [-0.2, -0.15) is 0 Å². The van der Waals surface area contributed by atoms with Crippen LogP contribution in [0, 0.1) is 22.7 Å². The van der Waals surface area contributed by atoms with Crippen molar-refractivity contribution in [3.8, 4) is 11.8 Å². The van der Waals surface area contributed by atoms with Gasteiger partial charge in [-0.1, -0.05) is 61.5 Å². The topological polar surface area (TPSA) is 151 Å². The monoisotopic (exact) mass is 599 g/mol. The smallest absolute Gasteiger partial charge is 0.269 e. The first-order valence-electron chi connectivity index (χ1n) is 14.0. The van der Waals surface area contributed by atoms with Crippen molar-refractivity contribution in [2.24, 2.45) is 5.16 Å². The maximum Gasteiger partial charge on any atom is 0.269 e. The van der Waals surface area contributed by atoms with Gasteiger partial charge in [-0.25, -0.2) is 0 Å². The lowest BCUT2D eigenvalue weighted by Crippen LogP contribution is -2.36. The predicted octanol–water partition coefficient (Wildman–Crippen LogP) is 4.20. The number of benzene rings is 1. The van der Waals surface area contributed by atoms with E-state index in [1.807, 2.05) is 45.0 Å². The summed E-state index contributed by atoms with van der Waals surface area (Å²) >= 11 is 0. The van der Waals surface area contributed by atoms with Crippen molar-refractivity contribution in [3.05, 3.63) is 57.7 Å². The molecule has 10 nitrogen and oxygen atoms in total. The Morgan fingerprint density at radius 3 is 2.14 bits per heavy atom. The Labute approximate surface area is 258 Å². The molecule has 1 saturated heterocycles. The summed E-state index contributed by atoms with van der Waals surface area (Å²) in [6.07, 6.45) is 1.19. The molecule has 10 heteroatoms. The molecule has 0 unspecified atom stereocenters. The molecule has 1 aliphatic carbocycles. The third-order valence-corrected chi connectivity index (χ3v) is 6.45. The Hall–Kier alpha value is -3.62. The van der Waals surface area contributed by atoms with Crippen molar-refractivity contribution >= 4 is 23.0 Å². The lowest BCUT2D eigenvalue weighted by Gasteiger charge is -2.24. The van der Waals surface area contributed by atoms with Gasteiger partial charge in [0.15, 0.2) is 0 Å². The maximum absolute atomic E-state index is 12.0. The van der Waals surface area contributed by atoms with Crippen molar-refractivity contribution in [1.29, 1.82) is 10.8 Å². The molecule has 1 aromatic rings. The Balaban J connectivity index is 0. The Kier molecular flexibility index (Phi) is 23.1. The van der Waals surface area contributed by atoms with E-state index >= 15 is 0 Å². The molecular weight excluding hydrogens is 546 g/mol. The molecule has 0 saturated carbocycles. The van der Waals surface area contributed by atoms with Crippen LogP contribution in [-0.4, -0.2) is 98.9 Å². The fraction of sp³-hybridized carbons (Fsp3) is 0.515. The van der Waals surface area contributed by atoms with Crippen molar-refractivity contribution < 1.29 is 24.6 Å². The molecule has 0 aromatic heterocycles. The van der Waals surface area contributed by atoms with Crippen molar-refractivity contribution in [3.63, 3.8) is 0 Å². The number of hydrogen-bond donors (Lipinski definition) is 5. The number of carbonyl (C=O) groups excluding carboxylic acids is 1. The summed E-state index contributed by atoms with van der Waals surface area (Å²) in [5.41, 5.74) is 6.24. The van der Waals surface area contributed by atoms with E-state index in [0.717, 1.165) is 69.3 Å². The van der Waals surface area contributed by atoms with Crippen LogP contribution in [0.1, 0.15) is 66.0 Å². The molecule has 5 N–H and O–H groups in total. The quantitative estimate of drug-likeness (QED) is 0.131. The number of morpholine rings is 1. The summed E-state index contributed by atoms with van der Waals surface area (Å²) in [5, 5.41) is 37.4. The van der Waals surface area contributed by atoms with Crippen LogP contribution >= 0.6 is 0 Å². The van der Waals surface area contributed by atoms with Crippen LogP contribution in [0.2, 0.25) is 0 Å². The van der Waals surface area contributed by atoms with Gasteiger partial charge in [0.25, 0.3) is 5.91 Å². The highest BCUT2D eigenvalue weighted by Gasteiger charge is 2.23. The molecular formula is C33H53N5O5. The number of aliphatic hydroxyl groups is 2. The summed E-state index contributed by atoms with van der Waals surface area (Å²) in [6.45, 7) is 14.0. The molecule has 43 heavy (non-hydrogen) atoms. The number of aliphatic hydroxyl groups excluding tert-OH is 2. The van der Waals surface area contributed by atoms with E-state index in [1.54, 1.807) is 6.92 Å². The SMILES string of the molecule is C.CC.CNC(=O)C(=N)C1=C(CO/N=C(\C)C(=N)c2ccc(C#CCN3CCOCC3)cc2)CC(C)=C(C)C1.CO.CO. The molecule has 1 aromatic carbocycles.